The predicted octanol–water partition coefficient (Wildman–Crippen LogP) is 3.59. The second-order valence-electron chi connectivity index (χ2n) is 5.55. The number of hydrogen-bond acceptors (Lipinski definition) is 2. The van der Waals surface area contributed by atoms with Crippen LogP contribution in [0.25, 0.3) is 0 Å². The molecule has 98 valence electrons. The number of ether oxygens (including phenoxy) is 1. The lowest BCUT2D eigenvalue weighted by Crippen LogP contribution is -2.63. The summed E-state index contributed by atoms with van der Waals surface area (Å²) in [5, 5.41) is 3.48. The van der Waals surface area contributed by atoms with Crippen molar-refractivity contribution in [2.75, 3.05) is 7.05 Å². The Hall–Kier alpha value is -0.290. The second kappa shape index (κ2) is 5.00. The van der Waals surface area contributed by atoms with Crippen molar-refractivity contribution in [2.45, 2.75) is 44.2 Å². The lowest BCUT2D eigenvalue weighted by Gasteiger charge is -2.53. The van der Waals surface area contributed by atoms with Gasteiger partial charge in [-0.3, -0.25) is 0 Å². The SMILES string of the molecule is CNC1CC(Oc2ccccc2I)C12CCCC2. The average Bonchev–Trinajstić information content (AvgIpc) is 2.88. The van der Waals surface area contributed by atoms with E-state index in [4.69, 9.17) is 4.74 Å². The zero-order chi connectivity index (χ0) is 12.6. The highest BCUT2D eigenvalue weighted by atomic mass is 127. The Balaban J connectivity index is 1.76. The normalized spacial score (nSPS) is 29.2. The highest BCUT2D eigenvalue weighted by molar-refractivity contribution is 14.1. The summed E-state index contributed by atoms with van der Waals surface area (Å²) in [6.07, 6.45) is 6.95. The first-order valence-corrected chi connectivity index (χ1v) is 7.92. The van der Waals surface area contributed by atoms with E-state index in [1.54, 1.807) is 0 Å². The Morgan fingerprint density at radius 1 is 1.28 bits per heavy atom. The number of hydrogen-bond donors (Lipinski definition) is 1. The van der Waals surface area contributed by atoms with E-state index in [0.29, 0.717) is 17.6 Å². The molecule has 0 heterocycles. The summed E-state index contributed by atoms with van der Waals surface area (Å²) in [5.41, 5.74) is 0.410. The first-order valence-electron chi connectivity index (χ1n) is 6.85. The Morgan fingerprint density at radius 2 is 2.00 bits per heavy atom. The molecule has 1 spiro atoms. The summed E-state index contributed by atoms with van der Waals surface area (Å²) < 4.78 is 7.52. The molecule has 1 aromatic carbocycles. The third-order valence-electron chi connectivity index (χ3n) is 4.77. The maximum atomic E-state index is 6.30. The molecule has 2 saturated carbocycles. The highest BCUT2D eigenvalue weighted by Crippen LogP contribution is 2.54. The molecular weight excluding hydrogens is 337 g/mol. The fourth-order valence-corrected chi connectivity index (χ4v) is 4.23. The van der Waals surface area contributed by atoms with Gasteiger partial charge in [0, 0.05) is 17.9 Å². The monoisotopic (exact) mass is 357 g/mol. The Bertz CT molecular complexity index is 428. The van der Waals surface area contributed by atoms with Crippen LogP contribution in [0.1, 0.15) is 32.1 Å². The molecule has 2 unspecified atom stereocenters. The molecule has 2 nitrogen and oxygen atoms in total. The third kappa shape index (κ3) is 1.95. The number of rotatable bonds is 3. The Labute approximate surface area is 123 Å². The second-order valence-corrected chi connectivity index (χ2v) is 6.72. The van der Waals surface area contributed by atoms with Crippen molar-refractivity contribution in [3.8, 4) is 5.75 Å². The summed E-state index contributed by atoms with van der Waals surface area (Å²) in [4.78, 5) is 0. The predicted molar refractivity (Wildman–Crippen MR) is 81.9 cm³/mol. The van der Waals surface area contributed by atoms with Gasteiger partial charge >= 0.3 is 0 Å². The first-order chi connectivity index (χ1) is 8.76. The first kappa shape index (κ1) is 12.7. The smallest absolute Gasteiger partial charge is 0.133 e. The van der Waals surface area contributed by atoms with Crippen molar-refractivity contribution in [1.29, 1.82) is 0 Å². The summed E-state index contributed by atoms with van der Waals surface area (Å²) in [7, 11) is 2.09. The fraction of sp³-hybridized carbons (Fsp3) is 0.600. The van der Waals surface area contributed by atoms with Crippen molar-refractivity contribution in [2.24, 2.45) is 5.41 Å². The molecule has 3 rings (SSSR count). The van der Waals surface area contributed by atoms with Gasteiger partial charge in [0.05, 0.1) is 3.57 Å². The maximum Gasteiger partial charge on any atom is 0.133 e. The summed E-state index contributed by atoms with van der Waals surface area (Å²) in [6.45, 7) is 0. The molecule has 0 saturated heterocycles. The van der Waals surface area contributed by atoms with Crippen molar-refractivity contribution < 1.29 is 4.74 Å². The molecule has 0 aromatic heterocycles. The van der Waals surface area contributed by atoms with E-state index >= 15 is 0 Å². The van der Waals surface area contributed by atoms with E-state index in [0.717, 1.165) is 12.2 Å². The minimum absolute atomic E-state index is 0.410. The van der Waals surface area contributed by atoms with Crippen LogP contribution < -0.4 is 10.1 Å². The van der Waals surface area contributed by atoms with Crippen LogP contribution >= 0.6 is 22.6 Å². The van der Waals surface area contributed by atoms with Crippen LogP contribution in [0.4, 0.5) is 0 Å². The standard InChI is InChI=1S/C15H20INO/c1-17-13-10-14(15(13)8-4-5-9-15)18-12-7-3-2-6-11(12)16/h2-3,6-7,13-14,17H,4-5,8-10H2,1H3. The third-order valence-corrected chi connectivity index (χ3v) is 5.66. The molecule has 0 radical (unpaired) electrons. The lowest BCUT2D eigenvalue weighted by molar-refractivity contribution is -0.0740. The quantitative estimate of drug-likeness (QED) is 0.835. The van der Waals surface area contributed by atoms with E-state index in [9.17, 15) is 0 Å². The van der Waals surface area contributed by atoms with Crippen molar-refractivity contribution >= 4 is 22.6 Å². The summed E-state index contributed by atoms with van der Waals surface area (Å²) >= 11 is 2.36. The molecule has 1 aromatic rings. The molecular formula is C15H20INO. The van der Waals surface area contributed by atoms with Gasteiger partial charge in [0.15, 0.2) is 0 Å². The molecule has 0 amide bonds. The maximum absolute atomic E-state index is 6.30. The van der Waals surface area contributed by atoms with Crippen molar-refractivity contribution in [3.05, 3.63) is 27.8 Å². The van der Waals surface area contributed by atoms with Crippen LogP contribution in [0.3, 0.4) is 0 Å². The highest BCUT2D eigenvalue weighted by Gasteiger charge is 2.57. The van der Waals surface area contributed by atoms with Crippen LogP contribution in [-0.2, 0) is 0 Å². The van der Waals surface area contributed by atoms with E-state index in [1.807, 2.05) is 0 Å². The topological polar surface area (TPSA) is 21.3 Å². The molecule has 2 atom stereocenters. The van der Waals surface area contributed by atoms with Crippen LogP contribution in [0.2, 0.25) is 0 Å². The minimum atomic E-state index is 0.410. The van der Waals surface area contributed by atoms with Crippen molar-refractivity contribution in [1.82, 2.24) is 5.32 Å². The fourth-order valence-electron chi connectivity index (χ4n) is 3.72. The lowest BCUT2D eigenvalue weighted by atomic mass is 9.60. The van der Waals surface area contributed by atoms with Gasteiger partial charge in [-0.2, -0.15) is 0 Å². The van der Waals surface area contributed by atoms with Gasteiger partial charge in [-0.1, -0.05) is 25.0 Å². The zero-order valence-electron chi connectivity index (χ0n) is 10.8. The number of para-hydroxylation sites is 1. The molecule has 3 heteroatoms. The molecule has 2 fully saturated rings. The van der Waals surface area contributed by atoms with Crippen LogP contribution in [0.15, 0.2) is 24.3 Å². The Morgan fingerprint density at radius 3 is 2.67 bits per heavy atom. The summed E-state index contributed by atoms with van der Waals surface area (Å²) in [5.74, 6) is 1.06. The van der Waals surface area contributed by atoms with E-state index < -0.39 is 0 Å². The van der Waals surface area contributed by atoms with Gasteiger partial charge in [0.1, 0.15) is 11.9 Å². The van der Waals surface area contributed by atoms with Gasteiger partial charge in [-0.15, -0.1) is 0 Å². The van der Waals surface area contributed by atoms with E-state index in [1.165, 1.54) is 29.3 Å². The van der Waals surface area contributed by atoms with Crippen molar-refractivity contribution in [3.63, 3.8) is 0 Å². The number of benzene rings is 1. The molecule has 0 bridgehead atoms. The van der Waals surface area contributed by atoms with Gasteiger partial charge < -0.3 is 10.1 Å². The molecule has 0 aliphatic heterocycles. The largest absolute Gasteiger partial charge is 0.489 e. The van der Waals surface area contributed by atoms with Crippen LogP contribution in [0.5, 0.6) is 5.75 Å². The van der Waals surface area contributed by atoms with E-state index in [-0.39, 0.29) is 0 Å². The molecule has 2 aliphatic rings. The van der Waals surface area contributed by atoms with Crippen LogP contribution in [-0.4, -0.2) is 19.2 Å². The van der Waals surface area contributed by atoms with E-state index in [2.05, 4.69) is 59.2 Å². The number of nitrogens with one attached hydrogen (secondary N) is 1. The van der Waals surface area contributed by atoms with Crippen LogP contribution in [0, 0.1) is 8.99 Å². The number of halogens is 1. The van der Waals surface area contributed by atoms with Gasteiger partial charge in [-0.25, -0.2) is 0 Å². The minimum Gasteiger partial charge on any atom is -0.489 e. The molecule has 1 N–H and O–H groups in total. The summed E-state index contributed by atoms with van der Waals surface area (Å²) in [6, 6.07) is 9.00. The molecule has 18 heavy (non-hydrogen) atoms. The van der Waals surface area contributed by atoms with Gasteiger partial charge in [0.25, 0.3) is 0 Å². The molecule has 2 aliphatic carbocycles. The van der Waals surface area contributed by atoms with Gasteiger partial charge in [0.2, 0.25) is 0 Å². The van der Waals surface area contributed by atoms with Gasteiger partial charge in [-0.05, 0) is 54.6 Å². The zero-order valence-corrected chi connectivity index (χ0v) is 12.9. The average molecular weight is 357 g/mol. The Kier molecular flexibility index (Phi) is 3.54.